The minimum absolute atomic E-state index is 0. The molecule has 3 nitrogen and oxygen atoms in total. The second kappa shape index (κ2) is 7.40. The summed E-state index contributed by atoms with van der Waals surface area (Å²) in [6, 6.07) is 4.37. The number of hydrogen-bond donors (Lipinski definition) is 2. The highest BCUT2D eigenvalue weighted by molar-refractivity contribution is 14.1. The van der Waals surface area contributed by atoms with Crippen LogP contribution in [0.25, 0.3) is 0 Å². The van der Waals surface area contributed by atoms with Gasteiger partial charge in [0.05, 0.1) is 5.56 Å². The van der Waals surface area contributed by atoms with Crippen LogP contribution < -0.4 is 10.6 Å². The van der Waals surface area contributed by atoms with Gasteiger partial charge < -0.3 is 10.6 Å². The fraction of sp³-hybridized carbons (Fsp3) is 0.462. The van der Waals surface area contributed by atoms with Crippen molar-refractivity contribution in [2.75, 3.05) is 13.1 Å². The lowest BCUT2D eigenvalue weighted by Gasteiger charge is -2.30. The molecule has 1 aromatic rings. The molecule has 1 aromatic carbocycles. The van der Waals surface area contributed by atoms with Crippen molar-refractivity contribution in [3.8, 4) is 0 Å². The van der Waals surface area contributed by atoms with Gasteiger partial charge in [-0.15, -0.1) is 12.4 Å². The van der Waals surface area contributed by atoms with Crippen LogP contribution in [0.1, 0.15) is 23.7 Å². The zero-order chi connectivity index (χ0) is 13.1. The summed E-state index contributed by atoms with van der Waals surface area (Å²) in [4.78, 5) is 12.1. The zero-order valence-corrected chi connectivity index (χ0v) is 13.6. The van der Waals surface area contributed by atoms with Gasteiger partial charge in [-0.2, -0.15) is 0 Å². The van der Waals surface area contributed by atoms with Gasteiger partial charge in [0.2, 0.25) is 0 Å². The van der Waals surface area contributed by atoms with Gasteiger partial charge >= 0.3 is 0 Å². The molecule has 6 heteroatoms. The number of nitrogens with one attached hydrogen (secondary N) is 2. The van der Waals surface area contributed by atoms with Gasteiger partial charge in [0.25, 0.3) is 5.91 Å². The van der Waals surface area contributed by atoms with Crippen LogP contribution in [0.15, 0.2) is 18.2 Å². The number of carbonyl (C=O) groups excluding carboxylic acids is 1. The Morgan fingerprint density at radius 1 is 1.53 bits per heavy atom. The molecule has 2 atom stereocenters. The van der Waals surface area contributed by atoms with Crippen LogP contribution in [0.5, 0.6) is 0 Å². The van der Waals surface area contributed by atoms with Crippen LogP contribution in [0, 0.1) is 15.3 Å². The number of halogens is 3. The van der Waals surface area contributed by atoms with Crippen molar-refractivity contribution in [3.05, 3.63) is 33.1 Å². The molecule has 106 valence electrons. The molecule has 1 heterocycles. The summed E-state index contributed by atoms with van der Waals surface area (Å²) in [5.41, 5.74) is 0.537. The highest BCUT2D eigenvalue weighted by atomic mass is 127. The maximum absolute atomic E-state index is 13.0. The third-order valence-electron chi connectivity index (χ3n) is 3.32. The van der Waals surface area contributed by atoms with Gasteiger partial charge in [-0.1, -0.05) is 6.92 Å². The molecule has 0 radical (unpaired) electrons. The average Bonchev–Trinajstić information content (AvgIpc) is 2.32. The Labute approximate surface area is 132 Å². The van der Waals surface area contributed by atoms with Crippen molar-refractivity contribution in [1.82, 2.24) is 10.6 Å². The van der Waals surface area contributed by atoms with Crippen LogP contribution in [-0.2, 0) is 0 Å². The highest BCUT2D eigenvalue weighted by Gasteiger charge is 2.23. The number of benzene rings is 1. The van der Waals surface area contributed by atoms with Crippen molar-refractivity contribution in [2.45, 2.75) is 19.4 Å². The molecule has 1 amide bonds. The van der Waals surface area contributed by atoms with Gasteiger partial charge in [0.1, 0.15) is 5.82 Å². The molecule has 1 fully saturated rings. The molecule has 0 aliphatic carbocycles. The van der Waals surface area contributed by atoms with E-state index in [1.54, 1.807) is 0 Å². The highest BCUT2D eigenvalue weighted by Crippen LogP contribution is 2.16. The predicted octanol–water partition coefficient (Wildman–Crippen LogP) is 2.58. The summed E-state index contributed by atoms with van der Waals surface area (Å²) in [5.74, 6) is 0.0249. The van der Waals surface area contributed by atoms with Crippen molar-refractivity contribution in [3.63, 3.8) is 0 Å². The molecule has 2 N–H and O–H groups in total. The van der Waals surface area contributed by atoms with Crippen LogP contribution in [0.2, 0.25) is 0 Å². The molecular weight excluding hydrogens is 382 g/mol. The normalized spacial score (nSPS) is 22.5. The summed E-state index contributed by atoms with van der Waals surface area (Å²) >= 11 is 1.98. The molecule has 2 unspecified atom stereocenters. The van der Waals surface area contributed by atoms with Crippen LogP contribution in [0.3, 0.4) is 0 Å². The molecule has 0 bridgehead atoms. The Hall–Kier alpha value is -0.400. The lowest BCUT2D eigenvalue weighted by Crippen LogP contribution is -2.50. The molecule has 0 spiro atoms. The topological polar surface area (TPSA) is 41.1 Å². The summed E-state index contributed by atoms with van der Waals surface area (Å²) < 4.78 is 13.6. The van der Waals surface area contributed by atoms with E-state index in [-0.39, 0.29) is 30.2 Å². The Bertz CT molecular complexity index is 458. The summed E-state index contributed by atoms with van der Waals surface area (Å²) in [6.07, 6.45) is 1.06. The van der Waals surface area contributed by atoms with Gasteiger partial charge in [0.15, 0.2) is 0 Å². The molecule has 2 rings (SSSR count). The summed E-state index contributed by atoms with van der Waals surface area (Å²) in [7, 11) is 0. The number of piperidine rings is 1. The van der Waals surface area contributed by atoms with E-state index >= 15 is 0 Å². The van der Waals surface area contributed by atoms with E-state index in [1.807, 2.05) is 22.6 Å². The maximum atomic E-state index is 13.0. The molecule has 0 saturated carbocycles. The Balaban J connectivity index is 0.00000180. The fourth-order valence-electron chi connectivity index (χ4n) is 2.10. The monoisotopic (exact) mass is 398 g/mol. The third-order valence-corrected chi connectivity index (χ3v) is 4.21. The lowest BCUT2D eigenvalue weighted by molar-refractivity contribution is 0.0914. The number of rotatable bonds is 2. The quantitative estimate of drug-likeness (QED) is 0.752. The van der Waals surface area contributed by atoms with Crippen LogP contribution in [0.4, 0.5) is 4.39 Å². The van der Waals surface area contributed by atoms with Crippen molar-refractivity contribution in [1.29, 1.82) is 0 Å². The first kappa shape index (κ1) is 16.7. The van der Waals surface area contributed by atoms with E-state index in [9.17, 15) is 9.18 Å². The van der Waals surface area contributed by atoms with Crippen LogP contribution >= 0.6 is 35.0 Å². The Morgan fingerprint density at radius 3 is 2.89 bits per heavy atom. The average molecular weight is 399 g/mol. The van der Waals surface area contributed by atoms with E-state index < -0.39 is 0 Å². The van der Waals surface area contributed by atoms with Crippen LogP contribution in [-0.4, -0.2) is 25.0 Å². The van der Waals surface area contributed by atoms with Crippen molar-refractivity contribution in [2.24, 2.45) is 5.92 Å². The SMILES string of the molecule is CC1CCNCC1NC(=O)c1ccc(F)cc1I.Cl. The van der Waals surface area contributed by atoms with E-state index in [2.05, 4.69) is 17.6 Å². The number of carbonyl (C=O) groups is 1. The smallest absolute Gasteiger partial charge is 0.252 e. The first-order chi connectivity index (χ1) is 8.58. The predicted molar refractivity (Wildman–Crippen MR) is 84.3 cm³/mol. The Morgan fingerprint density at radius 2 is 2.26 bits per heavy atom. The van der Waals surface area contributed by atoms with Gasteiger partial charge in [-0.05, 0) is 59.7 Å². The Kier molecular flexibility index (Phi) is 6.49. The molecule has 1 aliphatic heterocycles. The third kappa shape index (κ3) is 4.29. The van der Waals surface area contributed by atoms with E-state index in [0.717, 1.165) is 19.5 Å². The molecule has 1 aliphatic rings. The lowest BCUT2D eigenvalue weighted by atomic mass is 9.94. The molecule has 1 saturated heterocycles. The molecular formula is C13H17ClFIN2O. The van der Waals surface area contributed by atoms with E-state index in [4.69, 9.17) is 0 Å². The van der Waals surface area contributed by atoms with E-state index in [0.29, 0.717) is 15.1 Å². The molecule has 19 heavy (non-hydrogen) atoms. The van der Waals surface area contributed by atoms with Gasteiger partial charge in [0, 0.05) is 16.2 Å². The van der Waals surface area contributed by atoms with Gasteiger partial charge in [-0.25, -0.2) is 4.39 Å². The van der Waals surface area contributed by atoms with Crippen molar-refractivity contribution < 1.29 is 9.18 Å². The minimum Gasteiger partial charge on any atom is -0.348 e. The number of amides is 1. The standard InChI is InChI=1S/C13H16FIN2O.ClH/c1-8-4-5-16-7-12(8)17-13(18)10-3-2-9(14)6-11(10)15;/h2-3,6,8,12,16H,4-5,7H2,1H3,(H,17,18);1H. The first-order valence-electron chi connectivity index (χ1n) is 6.04. The second-order valence-corrected chi connectivity index (χ2v) is 5.84. The van der Waals surface area contributed by atoms with E-state index in [1.165, 1.54) is 18.2 Å². The number of hydrogen-bond acceptors (Lipinski definition) is 2. The van der Waals surface area contributed by atoms with Gasteiger partial charge in [-0.3, -0.25) is 4.79 Å². The maximum Gasteiger partial charge on any atom is 0.252 e. The second-order valence-electron chi connectivity index (χ2n) is 4.67. The largest absolute Gasteiger partial charge is 0.348 e. The van der Waals surface area contributed by atoms with Crippen molar-refractivity contribution >= 4 is 40.9 Å². The first-order valence-corrected chi connectivity index (χ1v) is 7.12. The zero-order valence-electron chi connectivity index (χ0n) is 10.6. The minimum atomic E-state index is -0.316. The molecule has 0 aromatic heterocycles. The fourth-order valence-corrected chi connectivity index (χ4v) is 2.82. The summed E-state index contributed by atoms with van der Waals surface area (Å²) in [5, 5.41) is 6.29. The summed E-state index contributed by atoms with van der Waals surface area (Å²) in [6.45, 7) is 3.94.